The van der Waals surface area contributed by atoms with E-state index in [9.17, 15) is 4.79 Å². The van der Waals surface area contributed by atoms with Crippen LogP contribution in [-0.2, 0) is 6.54 Å². The van der Waals surface area contributed by atoms with Crippen molar-refractivity contribution in [3.8, 4) is 11.5 Å². The van der Waals surface area contributed by atoms with Crippen molar-refractivity contribution in [1.29, 1.82) is 0 Å². The Balaban J connectivity index is 0.00000216. The Kier molecular flexibility index (Phi) is 5.79. The van der Waals surface area contributed by atoms with Gasteiger partial charge in [-0.25, -0.2) is 4.79 Å². The molecule has 8 nitrogen and oxygen atoms in total. The fourth-order valence-electron chi connectivity index (χ4n) is 4.77. The number of amidine groups is 1. The molecule has 0 aromatic heterocycles. The summed E-state index contributed by atoms with van der Waals surface area (Å²) in [7, 11) is 0. The molecule has 1 saturated heterocycles. The molecule has 32 heavy (non-hydrogen) atoms. The number of halogens is 1. The van der Waals surface area contributed by atoms with Gasteiger partial charge in [0.15, 0.2) is 11.5 Å². The van der Waals surface area contributed by atoms with Gasteiger partial charge < -0.3 is 14.8 Å². The summed E-state index contributed by atoms with van der Waals surface area (Å²) in [5.41, 5.74) is 3.11. The number of hydrogen-bond donors (Lipinski definition) is 1. The molecular formula is C23H26BrN5O3. The SMILES string of the molecule is Br.O=C1Nc2ccccc2C2=NC(CN3CCN(Cc4ccc5c(c4)OCO5)CC3)CN12. The maximum absolute atomic E-state index is 12.5. The third kappa shape index (κ3) is 3.96. The van der Waals surface area contributed by atoms with Crippen molar-refractivity contribution in [2.24, 2.45) is 4.99 Å². The van der Waals surface area contributed by atoms with E-state index < -0.39 is 0 Å². The smallest absolute Gasteiger partial charge is 0.327 e. The van der Waals surface area contributed by atoms with Crippen LogP contribution in [0.4, 0.5) is 10.5 Å². The molecule has 0 aliphatic carbocycles. The van der Waals surface area contributed by atoms with Crippen LogP contribution in [0.1, 0.15) is 11.1 Å². The van der Waals surface area contributed by atoms with Crippen LogP contribution in [0.25, 0.3) is 0 Å². The first-order valence-electron chi connectivity index (χ1n) is 10.8. The summed E-state index contributed by atoms with van der Waals surface area (Å²) in [6.45, 7) is 6.81. The number of anilines is 1. The molecule has 2 aromatic rings. The number of carbonyl (C=O) groups excluding carboxylic acids is 1. The van der Waals surface area contributed by atoms with Gasteiger partial charge in [0.25, 0.3) is 0 Å². The van der Waals surface area contributed by atoms with Gasteiger partial charge in [-0.15, -0.1) is 17.0 Å². The van der Waals surface area contributed by atoms with Crippen LogP contribution in [0, 0.1) is 0 Å². The predicted octanol–water partition coefficient (Wildman–Crippen LogP) is 2.79. The lowest BCUT2D eigenvalue weighted by Gasteiger charge is -2.35. The van der Waals surface area contributed by atoms with E-state index in [1.54, 1.807) is 4.90 Å². The van der Waals surface area contributed by atoms with Crippen LogP contribution in [0.15, 0.2) is 47.5 Å². The summed E-state index contributed by atoms with van der Waals surface area (Å²) in [5.74, 6) is 2.49. The Morgan fingerprint density at radius 3 is 2.66 bits per heavy atom. The number of nitrogens with zero attached hydrogens (tertiary/aromatic N) is 4. The van der Waals surface area contributed by atoms with E-state index >= 15 is 0 Å². The number of aliphatic imine (C=N–C) groups is 1. The second-order valence-corrected chi connectivity index (χ2v) is 8.46. The topological polar surface area (TPSA) is 69.6 Å². The fraction of sp³-hybridized carbons (Fsp3) is 0.391. The molecule has 4 aliphatic heterocycles. The van der Waals surface area contributed by atoms with Gasteiger partial charge in [0.05, 0.1) is 18.3 Å². The van der Waals surface area contributed by atoms with Gasteiger partial charge in [0, 0.05) is 44.8 Å². The Labute approximate surface area is 197 Å². The average molecular weight is 500 g/mol. The normalized spacial score (nSPS) is 22.0. The van der Waals surface area contributed by atoms with Crippen LogP contribution in [0.2, 0.25) is 0 Å². The Hall–Kier alpha value is -2.62. The molecule has 6 rings (SSSR count). The van der Waals surface area contributed by atoms with E-state index in [2.05, 4.69) is 27.2 Å². The van der Waals surface area contributed by atoms with Crippen molar-refractivity contribution in [2.75, 3.05) is 51.4 Å². The van der Waals surface area contributed by atoms with E-state index in [1.165, 1.54) is 5.56 Å². The number of hydrogen-bond acceptors (Lipinski definition) is 6. The van der Waals surface area contributed by atoms with E-state index in [-0.39, 0.29) is 29.1 Å². The lowest BCUT2D eigenvalue weighted by Crippen LogP contribution is -2.49. The van der Waals surface area contributed by atoms with Gasteiger partial charge in [0.1, 0.15) is 5.84 Å². The van der Waals surface area contributed by atoms with Crippen molar-refractivity contribution in [3.63, 3.8) is 0 Å². The number of amides is 2. The summed E-state index contributed by atoms with van der Waals surface area (Å²) >= 11 is 0. The summed E-state index contributed by atoms with van der Waals surface area (Å²) in [6.07, 6.45) is 0. The minimum Gasteiger partial charge on any atom is -0.454 e. The van der Waals surface area contributed by atoms with Crippen molar-refractivity contribution in [1.82, 2.24) is 14.7 Å². The fourth-order valence-corrected chi connectivity index (χ4v) is 4.77. The molecule has 2 aromatic carbocycles. The second-order valence-electron chi connectivity index (χ2n) is 8.46. The van der Waals surface area contributed by atoms with Crippen molar-refractivity contribution >= 4 is 34.5 Å². The Bertz CT molecular complexity index is 1050. The first-order chi connectivity index (χ1) is 15.2. The van der Waals surface area contributed by atoms with Gasteiger partial charge in [-0.05, 0) is 29.8 Å². The molecule has 0 spiro atoms. The van der Waals surface area contributed by atoms with E-state index in [0.29, 0.717) is 13.3 Å². The van der Waals surface area contributed by atoms with Gasteiger partial charge in [-0.1, -0.05) is 18.2 Å². The lowest BCUT2D eigenvalue weighted by molar-refractivity contribution is 0.122. The molecule has 0 radical (unpaired) electrons. The highest BCUT2D eigenvalue weighted by atomic mass is 79.9. The average Bonchev–Trinajstić information content (AvgIpc) is 3.42. The zero-order valence-electron chi connectivity index (χ0n) is 17.7. The number of ether oxygens (including phenoxy) is 2. The van der Waals surface area contributed by atoms with Crippen LogP contribution in [0.5, 0.6) is 11.5 Å². The van der Waals surface area contributed by atoms with Crippen molar-refractivity contribution < 1.29 is 14.3 Å². The molecule has 1 N–H and O–H groups in total. The van der Waals surface area contributed by atoms with Crippen molar-refractivity contribution in [2.45, 2.75) is 12.6 Å². The number of para-hydroxylation sites is 1. The Morgan fingerprint density at radius 1 is 1.00 bits per heavy atom. The summed E-state index contributed by atoms with van der Waals surface area (Å²) in [6, 6.07) is 14.1. The predicted molar refractivity (Wildman–Crippen MR) is 127 cm³/mol. The largest absolute Gasteiger partial charge is 0.454 e. The van der Waals surface area contributed by atoms with Gasteiger partial charge in [0.2, 0.25) is 6.79 Å². The standard InChI is InChI=1S/C23H25N5O3.BrH/c29-23-25-19-4-2-1-3-18(19)22-24-17(14-28(22)23)13-27-9-7-26(8-10-27)12-16-5-6-20-21(11-16)31-15-30-20;/h1-6,11,17H,7-10,12-15H2,(H,25,29);1H. The first kappa shape index (κ1) is 21.2. The molecular weight excluding hydrogens is 474 g/mol. The van der Waals surface area contributed by atoms with Crippen LogP contribution in [0.3, 0.4) is 0 Å². The minimum atomic E-state index is -0.0755. The molecule has 1 unspecified atom stereocenters. The number of rotatable bonds is 4. The number of benzene rings is 2. The third-order valence-corrected chi connectivity index (χ3v) is 6.39. The number of urea groups is 1. The van der Waals surface area contributed by atoms with Crippen LogP contribution in [-0.4, -0.2) is 78.7 Å². The first-order valence-corrected chi connectivity index (χ1v) is 10.8. The quantitative estimate of drug-likeness (QED) is 0.700. The third-order valence-electron chi connectivity index (χ3n) is 6.39. The molecule has 9 heteroatoms. The van der Waals surface area contributed by atoms with Crippen LogP contribution >= 0.6 is 17.0 Å². The van der Waals surface area contributed by atoms with Gasteiger partial charge in [-0.2, -0.15) is 0 Å². The zero-order chi connectivity index (χ0) is 20.8. The van der Waals surface area contributed by atoms with E-state index in [0.717, 1.165) is 67.9 Å². The molecule has 4 aliphatic rings. The molecule has 1 fully saturated rings. The highest BCUT2D eigenvalue weighted by molar-refractivity contribution is 8.93. The van der Waals surface area contributed by atoms with E-state index in [4.69, 9.17) is 14.5 Å². The van der Waals surface area contributed by atoms with Crippen molar-refractivity contribution in [3.05, 3.63) is 53.6 Å². The maximum Gasteiger partial charge on any atom is 0.327 e. The molecule has 0 saturated carbocycles. The monoisotopic (exact) mass is 499 g/mol. The number of piperazine rings is 1. The maximum atomic E-state index is 12.5. The van der Waals surface area contributed by atoms with Crippen LogP contribution < -0.4 is 14.8 Å². The highest BCUT2D eigenvalue weighted by Gasteiger charge is 2.36. The summed E-state index contributed by atoms with van der Waals surface area (Å²) in [4.78, 5) is 24.1. The Morgan fingerprint density at radius 2 is 1.78 bits per heavy atom. The second kappa shape index (κ2) is 8.73. The summed E-state index contributed by atoms with van der Waals surface area (Å²) in [5, 5.41) is 2.97. The molecule has 1 atom stereocenters. The zero-order valence-corrected chi connectivity index (χ0v) is 19.4. The minimum absolute atomic E-state index is 0. The van der Waals surface area contributed by atoms with Gasteiger partial charge in [-0.3, -0.25) is 19.7 Å². The molecule has 4 heterocycles. The number of carbonyl (C=O) groups is 1. The summed E-state index contributed by atoms with van der Waals surface area (Å²) < 4.78 is 10.9. The lowest BCUT2D eigenvalue weighted by atomic mass is 10.1. The number of nitrogens with one attached hydrogen (secondary N) is 1. The van der Waals surface area contributed by atoms with Gasteiger partial charge >= 0.3 is 6.03 Å². The highest BCUT2D eigenvalue weighted by Crippen LogP contribution is 2.33. The molecule has 2 amide bonds. The van der Waals surface area contributed by atoms with E-state index in [1.807, 2.05) is 30.3 Å². The molecule has 168 valence electrons. The number of fused-ring (bicyclic) bond motifs is 4. The molecule has 0 bridgehead atoms.